The fourth-order valence-corrected chi connectivity index (χ4v) is 3.36. The third-order valence-electron chi connectivity index (χ3n) is 5.09. The van der Waals surface area contributed by atoms with Crippen LogP contribution < -0.4 is 10.6 Å². The molecule has 184 valence electrons. The standard InChI is InChI=1S/C27H26N4O5/c1-18(2)15-28-27(34)29-24(32)17-35-25(33)13-12-20-16-31(21-9-4-3-5-10-21)30-26(20)23-14-19-8-6-7-11-22(19)36-23/h3-14,16,18H,15,17H2,1-2H3,(H2,28,29,32,34)/b13-12+. The highest BCUT2D eigenvalue weighted by molar-refractivity contribution is 5.96. The summed E-state index contributed by atoms with van der Waals surface area (Å²) in [6.45, 7) is 3.70. The molecule has 0 fully saturated rings. The van der Waals surface area contributed by atoms with Gasteiger partial charge in [0.25, 0.3) is 5.91 Å². The van der Waals surface area contributed by atoms with Crippen molar-refractivity contribution in [3.05, 3.63) is 78.5 Å². The number of nitrogens with one attached hydrogen (secondary N) is 2. The zero-order valence-electron chi connectivity index (χ0n) is 19.9. The lowest BCUT2D eigenvalue weighted by Crippen LogP contribution is -2.42. The van der Waals surface area contributed by atoms with Gasteiger partial charge in [-0.05, 0) is 36.3 Å². The number of ether oxygens (including phenoxy) is 1. The summed E-state index contributed by atoms with van der Waals surface area (Å²) in [5.74, 6) is -0.677. The van der Waals surface area contributed by atoms with Crippen molar-refractivity contribution in [1.82, 2.24) is 20.4 Å². The summed E-state index contributed by atoms with van der Waals surface area (Å²) in [5.41, 5.74) is 2.72. The Morgan fingerprint density at radius 2 is 1.83 bits per heavy atom. The Morgan fingerprint density at radius 1 is 1.08 bits per heavy atom. The van der Waals surface area contributed by atoms with Gasteiger partial charge in [0.2, 0.25) is 0 Å². The maximum absolute atomic E-state index is 12.2. The van der Waals surface area contributed by atoms with Crippen molar-refractivity contribution >= 4 is 35.0 Å². The summed E-state index contributed by atoms with van der Waals surface area (Å²) < 4.78 is 12.6. The van der Waals surface area contributed by atoms with Gasteiger partial charge in [0.15, 0.2) is 12.4 Å². The SMILES string of the molecule is CC(C)CNC(=O)NC(=O)COC(=O)/C=C/c1cn(-c2ccccc2)nc1-c1cc2ccccc2o1. The van der Waals surface area contributed by atoms with Crippen LogP contribution in [-0.4, -0.2) is 40.8 Å². The van der Waals surface area contributed by atoms with E-state index in [1.807, 2.05) is 74.5 Å². The molecule has 4 rings (SSSR count). The predicted octanol–water partition coefficient (Wildman–Crippen LogP) is 4.32. The molecule has 36 heavy (non-hydrogen) atoms. The van der Waals surface area contributed by atoms with Crippen LogP contribution in [-0.2, 0) is 14.3 Å². The highest BCUT2D eigenvalue weighted by atomic mass is 16.5. The van der Waals surface area contributed by atoms with Crippen molar-refractivity contribution in [2.45, 2.75) is 13.8 Å². The van der Waals surface area contributed by atoms with Crippen LogP contribution in [0, 0.1) is 5.92 Å². The average Bonchev–Trinajstić information content (AvgIpc) is 3.50. The minimum Gasteiger partial charge on any atom is -0.454 e. The minimum absolute atomic E-state index is 0.240. The highest BCUT2D eigenvalue weighted by Crippen LogP contribution is 2.30. The first-order valence-corrected chi connectivity index (χ1v) is 11.5. The summed E-state index contributed by atoms with van der Waals surface area (Å²) in [7, 11) is 0. The number of hydrogen-bond acceptors (Lipinski definition) is 6. The molecule has 0 aliphatic carbocycles. The smallest absolute Gasteiger partial charge is 0.331 e. The second-order valence-corrected chi connectivity index (χ2v) is 8.45. The second-order valence-electron chi connectivity index (χ2n) is 8.45. The maximum Gasteiger partial charge on any atom is 0.331 e. The van der Waals surface area contributed by atoms with E-state index < -0.39 is 24.5 Å². The Kier molecular flexibility index (Phi) is 7.60. The van der Waals surface area contributed by atoms with E-state index in [0.29, 0.717) is 23.6 Å². The lowest BCUT2D eigenvalue weighted by molar-refractivity contribution is -0.143. The molecule has 4 aromatic rings. The fraction of sp³-hybridized carbons (Fsp3) is 0.185. The highest BCUT2D eigenvalue weighted by Gasteiger charge is 2.16. The number of urea groups is 1. The van der Waals surface area contributed by atoms with Gasteiger partial charge in [-0.15, -0.1) is 0 Å². The van der Waals surface area contributed by atoms with Crippen LogP contribution in [0.5, 0.6) is 0 Å². The minimum atomic E-state index is -0.740. The molecule has 0 spiro atoms. The van der Waals surface area contributed by atoms with Crippen molar-refractivity contribution in [3.63, 3.8) is 0 Å². The number of carbonyl (C=O) groups is 3. The summed E-state index contributed by atoms with van der Waals surface area (Å²) in [5, 5.41) is 10.3. The van der Waals surface area contributed by atoms with Gasteiger partial charge in [-0.1, -0.05) is 50.2 Å². The molecule has 0 saturated heterocycles. The van der Waals surface area contributed by atoms with Gasteiger partial charge >= 0.3 is 12.0 Å². The van der Waals surface area contributed by atoms with E-state index in [1.54, 1.807) is 17.0 Å². The molecule has 0 unspecified atom stereocenters. The fourth-order valence-electron chi connectivity index (χ4n) is 3.36. The van der Waals surface area contributed by atoms with Gasteiger partial charge in [-0.25, -0.2) is 14.3 Å². The Labute approximate surface area is 207 Å². The molecule has 0 atom stereocenters. The first kappa shape index (κ1) is 24.5. The van der Waals surface area contributed by atoms with Crippen LogP contribution in [0.4, 0.5) is 4.79 Å². The number of hydrogen-bond donors (Lipinski definition) is 2. The zero-order chi connectivity index (χ0) is 25.5. The number of benzene rings is 2. The molecule has 9 heteroatoms. The van der Waals surface area contributed by atoms with Gasteiger partial charge in [0, 0.05) is 29.8 Å². The normalized spacial score (nSPS) is 11.2. The van der Waals surface area contributed by atoms with Gasteiger partial charge < -0.3 is 14.5 Å². The van der Waals surface area contributed by atoms with E-state index in [0.717, 1.165) is 16.7 Å². The molecule has 3 amide bonds. The molecule has 0 radical (unpaired) electrons. The number of imide groups is 1. The maximum atomic E-state index is 12.2. The van der Waals surface area contributed by atoms with Crippen LogP contribution in [0.2, 0.25) is 0 Å². The Balaban J connectivity index is 1.48. The van der Waals surface area contributed by atoms with Crippen LogP contribution in [0.15, 0.2) is 77.4 Å². The number of aromatic nitrogens is 2. The van der Waals surface area contributed by atoms with Crippen molar-refractivity contribution in [2.24, 2.45) is 5.92 Å². The molecule has 2 heterocycles. The molecule has 0 aliphatic heterocycles. The van der Waals surface area contributed by atoms with Gasteiger partial charge in [0.05, 0.1) is 5.69 Å². The summed E-state index contributed by atoms with van der Waals surface area (Å²) in [4.78, 5) is 35.8. The number of fused-ring (bicyclic) bond motifs is 1. The summed E-state index contributed by atoms with van der Waals surface area (Å²) >= 11 is 0. The summed E-state index contributed by atoms with van der Waals surface area (Å²) in [6.07, 6.45) is 4.52. The average molecular weight is 487 g/mol. The predicted molar refractivity (Wildman–Crippen MR) is 135 cm³/mol. The number of nitrogens with zero attached hydrogens (tertiary/aromatic N) is 2. The van der Waals surface area contributed by atoms with E-state index in [4.69, 9.17) is 9.15 Å². The van der Waals surface area contributed by atoms with Crippen molar-refractivity contribution in [1.29, 1.82) is 0 Å². The lowest BCUT2D eigenvalue weighted by atomic mass is 10.2. The number of carbonyl (C=O) groups excluding carboxylic acids is 3. The molecule has 2 aromatic heterocycles. The Hall–Kier alpha value is -4.66. The first-order chi connectivity index (χ1) is 17.4. The van der Waals surface area contributed by atoms with Gasteiger partial charge in [0.1, 0.15) is 11.3 Å². The summed E-state index contributed by atoms with van der Waals surface area (Å²) in [6, 6.07) is 18.4. The molecule has 0 saturated carbocycles. The number of esters is 1. The Bertz CT molecular complexity index is 1370. The van der Waals surface area contributed by atoms with Gasteiger partial charge in [-0.2, -0.15) is 5.10 Å². The van der Waals surface area contributed by atoms with Crippen LogP contribution in [0.1, 0.15) is 19.4 Å². The van der Waals surface area contributed by atoms with E-state index in [9.17, 15) is 14.4 Å². The molecule has 2 aromatic carbocycles. The first-order valence-electron chi connectivity index (χ1n) is 11.5. The Morgan fingerprint density at radius 3 is 2.58 bits per heavy atom. The van der Waals surface area contributed by atoms with E-state index in [-0.39, 0.29) is 5.92 Å². The van der Waals surface area contributed by atoms with Gasteiger partial charge in [-0.3, -0.25) is 10.1 Å². The quantitative estimate of drug-likeness (QED) is 0.283. The number of rotatable bonds is 8. The van der Waals surface area contributed by atoms with Crippen LogP contribution >= 0.6 is 0 Å². The third kappa shape index (κ3) is 6.26. The topological polar surface area (TPSA) is 115 Å². The molecule has 0 bridgehead atoms. The van der Waals surface area contributed by atoms with E-state index >= 15 is 0 Å². The number of furan rings is 1. The second kappa shape index (κ2) is 11.2. The molecule has 2 N–H and O–H groups in total. The number of amides is 3. The molecule has 0 aliphatic rings. The van der Waals surface area contributed by atoms with Crippen molar-refractivity contribution < 1.29 is 23.5 Å². The van der Waals surface area contributed by atoms with Crippen molar-refractivity contribution in [3.8, 4) is 17.1 Å². The monoisotopic (exact) mass is 486 g/mol. The molecular formula is C27H26N4O5. The number of para-hydroxylation sites is 2. The largest absolute Gasteiger partial charge is 0.454 e. The van der Waals surface area contributed by atoms with Crippen LogP contribution in [0.25, 0.3) is 34.2 Å². The van der Waals surface area contributed by atoms with Crippen molar-refractivity contribution in [2.75, 3.05) is 13.2 Å². The third-order valence-corrected chi connectivity index (χ3v) is 5.09. The van der Waals surface area contributed by atoms with E-state index in [1.165, 1.54) is 6.08 Å². The van der Waals surface area contributed by atoms with Crippen LogP contribution in [0.3, 0.4) is 0 Å². The zero-order valence-corrected chi connectivity index (χ0v) is 19.9. The molecular weight excluding hydrogens is 460 g/mol. The lowest BCUT2D eigenvalue weighted by Gasteiger charge is -2.08. The molecule has 9 nitrogen and oxygen atoms in total. The van der Waals surface area contributed by atoms with E-state index in [2.05, 4.69) is 15.7 Å².